The van der Waals surface area contributed by atoms with Gasteiger partial charge in [-0.2, -0.15) is 0 Å². The fourth-order valence-electron chi connectivity index (χ4n) is 0.312. The van der Waals surface area contributed by atoms with Crippen LogP contribution in [0.1, 0.15) is 6.42 Å². The van der Waals surface area contributed by atoms with E-state index < -0.39 is 0 Å². The average Bonchev–Trinajstić information content (AvgIpc) is 1.90. The van der Waals surface area contributed by atoms with Gasteiger partial charge in [-0.25, -0.2) is 0 Å². The van der Waals surface area contributed by atoms with Crippen LogP contribution >= 0.6 is 0 Å². The van der Waals surface area contributed by atoms with E-state index in [4.69, 9.17) is 0 Å². The van der Waals surface area contributed by atoms with Gasteiger partial charge in [-0.3, -0.25) is 0 Å². The first-order valence-corrected chi connectivity index (χ1v) is 2.07. The molecule has 7 heavy (non-hydrogen) atoms. The van der Waals surface area contributed by atoms with Gasteiger partial charge >= 0.3 is 0 Å². The summed E-state index contributed by atoms with van der Waals surface area (Å²) < 4.78 is 0. The maximum atomic E-state index is 3.54. The van der Waals surface area contributed by atoms with Crippen molar-refractivity contribution in [2.75, 3.05) is 0 Å². The van der Waals surface area contributed by atoms with E-state index in [-0.39, 0.29) is 0 Å². The molecule has 0 atom stereocenters. The third-order valence-electron chi connectivity index (χ3n) is 0.598. The molecule has 0 fully saturated rings. The molecule has 0 bridgehead atoms. The summed E-state index contributed by atoms with van der Waals surface area (Å²) in [6.07, 6.45) is 6.06. The summed E-state index contributed by atoms with van der Waals surface area (Å²) in [6, 6.07) is 0. The molecule has 0 spiro atoms. The maximum absolute atomic E-state index is 3.54. The van der Waals surface area contributed by atoms with E-state index >= 15 is 0 Å². The molecule has 0 N–H and O–H groups in total. The van der Waals surface area contributed by atoms with E-state index in [2.05, 4.69) is 15.4 Å². The lowest BCUT2D eigenvalue weighted by molar-refractivity contribution is 1.07. The van der Waals surface area contributed by atoms with Gasteiger partial charge in [0.25, 0.3) is 0 Å². The Labute approximate surface area is 41.5 Å². The number of hydrogen-bond acceptors (Lipinski definition) is 3. The Kier molecular flexibility index (Phi) is 1.33. The minimum Gasteiger partial charge on any atom is -0.143 e. The van der Waals surface area contributed by atoms with Crippen molar-refractivity contribution >= 4 is 6.21 Å². The average molecular weight is 95.1 g/mol. The van der Waals surface area contributed by atoms with E-state index in [9.17, 15) is 0 Å². The van der Waals surface area contributed by atoms with Crippen LogP contribution in [-0.4, -0.2) is 6.21 Å². The maximum Gasteiger partial charge on any atom is 0.0477 e. The second-order valence-corrected chi connectivity index (χ2v) is 1.12. The predicted molar refractivity (Wildman–Crippen MR) is 27.1 cm³/mol. The SMILES string of the molecule is C1=CN=NN=CC1. The van der Waals surface area contributed by atoms with E-state index in [0.717, 1.165) is 6.42 Å². The van der Waals surface area contributed by atoms with E-state index in [1.807, 2.05) is 6.08 Å². The van der Waals surface area contributed by atoms with Gasteiger partial charge in [0.05, 0.1) is 0 Å². The molecule has 3 heteroatoms. The van der Waals surface area contributed by atoms with Gasteiger partial charge < -0.3 is 0 Å². The summed E-state index contributed by atoms with van der Waals surface area (Å²) in [5.41, 5.74) is 0. The molecule has 36 valence electrons. The highest BCUT2D eigenvalue weighted by molar-refractivity contribution is 5.59. The Bertz CT molecular complexity index is 109. The fourth-order valence-corrected chi connectivity index (χ4v) is 0.312. The van der Waals surface area contributed by atoms with Crippen LogP contribution in [-0.2, 0) is 0 Å². The largest absolute Gasteiger partial charge is 0.143 e. The Hall–Kier alpha value is -0.990. The van der Waals surface area contributed by atoms with E-state index in [1.165, 1.54) is 0 Å². The molecular weight excluding hydrogens is 90.1 g/mol. The second-order valence-electron chi connectivity index (χ2n) is 1.12. The Morgan fingerprint density at radius 2 is 2.43 bits per heavy atom. The first-order chi connectivity index (χ1) is 3.50. The topological polar surface area (TPSA) is 37.1 Å². The number of nitrogens with zero attached hydrogens (tertiary/aromatic N) is 3. The molecular formula is C4H5N3. The van der Waals surface area contributed by atoms with Crippen molar-refractivity contribution in [2.24, 2.45) is 15.4 Å². The predicted octanol–water partition coefficient (Wildman–Crippen LogP) is 1.34. The van der Waals surface area contributed by atoms with Crippen LogP contribution in [0.5, 0.6) is 0 Å². The third kappa shape index (κ3) is 1.26. The monoisotopic (exact) mass is 95.0 g/mol. The summed E-state index contributed by atoms with van der Waals surface area (Å²) in [4.78, 5) is 0. The van der Waals surface area contributed by atoms with Gasteiger partial charge in [0, 0.05) is 18.8 Å². The standard InChI is InChI=1S/C4H5N3/c1-2-4-6-7-5-3-1/h1,3-4H,2H2. The van der Waals surface area contributed by atoms with Crippen molar-refractivity contribution in [3.05, 3.63) is 12.3 Å². The lowest BCUT2D eigenvalue weighted by Crippen LogP contribution is -1.61. The molecule has 0 aliphatic carbocycles. The van der Waals surface area contributed by atoms with Crippen molar-refractivity contribution in [3.63, 3.8) is 0 Å². The fraction of sp³-hybridized carbons (Fsp3) is 0.250. The summed E-state index contributed by atoms with van der Waals surface area (Å²) in [7, 11) is 0. The molecule has 0 radical (unpaired) electrons. The first-order valence-electron chi connectivity index (χ1n) is 2.07. The lowest BCUT2D eigenvalue weighted by atomic mass is 10.5. The summed E-state index contributed by atoms with van der Waals surface area (Å²) >= 11 is 0. The van der Waals surface area contributed by atoms with E-state index in [1.54, 1.807) is 12.4 Å². The highest BCUT2D eigenvalue weighted by Gasteiger charge is 1.73. The highest BCUT2D eigenvalue weighted by atomic mass is 15.4. The van der Waals surface area contributed by atoms with Crippen molar-refractivity contribution < 1.29 is 0 Å². The molecule has 0 unspecified atom stereocenters. The molecule has 1 rings (SSSR count). The molecule has 1 aliphatic rings. The van der Waals surface area contributed by atoms with Gasteiger partial charge in [0.15, 0.2) is 0 Å². The van der Waals surface area contributed by atoms with Crippen LogP contribution in [0, 0.1) is 0 Å². The minimum atomic E-state index is 0.840. The van der Waals surface area contributed by atoms with Crippen LogP contribution in [0.2, 0.25) is 0 Å². The smallest absolute Gasteiger partial charge is 0.0477 e. The van der Waals surface area contributed by atoms with Crippen LogP contribution in [0.4, 0.5) is 0 Å². The number of hydrogen-bond donors (Lipinski definition) is 0. The van der Waals surface area contributed by atoms with E-state index in [0.29, 0.717) is 0 Å². The molecule has 0 aromatic heterocycles. The normalized spacial score (nSPS) is 17.1. The molecule has 0 aromatic rings. The summed E-state index contributed by atoms with van der Waals surface area (Å²) in [5, 5.41) is 10.4. The Balaban J connectivity index is 2.60. The molecule has 0 saturated carbocycles. The molecule has 3 nitrogen and oxygen atoms in total. The van der Waals surface area contributed by atoms with Crippen LogP contribution < -0.4 is 0 Å². The van der Waals surface area contributed by atoms with Crippen LogP contribution in [0.15, 0.2) is 27.7 Å². The summed E-state index contributed by atoms with van der Waals surface area (Å²) in [5.74, 6) is 0. The van der Waals surface area contributed by atoms with Gasteiger partial charge in [-0.15, -0.1) is 10.2 Å². The Morgan fingerprint density at radius 3 is 3.43 bits per heavy atom. The molecule has 0 aromatic carbocycles. The Morgan fingerprint density at radius 1 is 1.43 bits per heavy atom. The molecule has 1 aliphatic heterocycles. The first kappa shape index (κ1) is 4.18. The van der Waals surface area contributed by atoms with Crippen molar-refractivity contribution in [3.8, 4) is 0 Å². The van der Waals surface area contributed by atoms with Crippen molar-refractivity contribution in [2.45, 2.75) is 6.42 Å². The summed E-state index contributed by atoms with van der Waals surface area (Å²) in [6.45, 7) is 0. The zero-order valence-electron chi connectivity index (χ0n) is 3.78. The third-order valence-corrected chi connectivity index (χ3v) is 0.598. The molecule has 0 saturated heterocycles. The van der Waals surface area contributed by atoms with Gasteiger partial charge in [-0.1, -0.05) is 6.08 Å². The molecule has 0 amide bonds. The highest BCUT2D eigenvalue weighted by Crippen LogP contribution is 1.87. The molecule has 1 heterocycles. The van der Waals surface area contributed by atoms with Gasteiger partial charge in [0.1, 0.15) is 0 Å². The minimum absolute atomic E-state index is 0.840. The van der Waals surface area contributed by atoms with Gasteiger partial charge in [0.2, 0.25) is 0 Å². The van der Waals surface area contributed by atoms with Crippen molar-refractivity contribution in [1.29, 1.82) is 0 Å². The van der Waals surface area contributed by atoms with Crippen LogP contribution in [0.3, 0.4) is 0 Å². The zero-order chi connectivity index (χ0) is 4.95. The van der Waals surface area contributed by atoms with Crippen molar-refractivity contribution in [1.82, 2.24) is 0 Å². The zero-order valence-corrected chi connectivity index (χ0v) is 3.78. The quantitative estimate of drug-likeness (QED) is 0.435. The van der Waals surface area contributed by atoms with Gasteiger partial charge in [-0.05, 0) is 5.22 Å². The lowest BCUT2D eigenvalue weighted by Gasteiger charge is -1.65. The van der Waals surface area contributed by atoms with Crippen LogP contribution in [0.25, 0.3) is 0 Å². The second kappa shape index (κ2) is 2.23. The number of rotatable bonds is 0. The number of allylic oxidation sites excluding steroid dienone is 1.